The lowest BCUT2D eigenvalue weighted by molar-refractivity contribution is -0.121. The molecule has 3 rings (SSSR count). The van der Waals surface area contributed by atoms with E-state index in [0.717, 1.165) is 0 Å². The van der Waals surface area contributed by atoms with Crippen molar-refractivity contribution in [3.8, 4) is 0 Å². The molecule has 26 heavy (non-hydrogen) atoms. The van der Waals surface area contributed by atoms with Crippen LogP contribution in [0, 0.1) is 5.82 Å². The minimum Gasteiger partial charge on any atom is -0.325 e. The Labute approximate surface area is 150 Å². The van der Waals surface area contributed by atoms with Crippen LogP contribution in [0.1, 0.15) is 6.92 Å². The minimum absolute atomic E-state index is 0.192. The number of halogens is 1. The molecule has 2 aromatic rings. The fourth-order valence-electron chi connectivity index (χ4n) is 2.81. The Morgan fingerprint density at radius 2 is 1.96 bits per heavy atom. The summed E-state index contributed by atoms with van der Waals surface area (Å²) in [6.45, 7) is 3.99. The first-order valence-corrected chi connectivity index (χ1v) is 8.38. The van der Waals surface area contributed by atoms with Crippen molar-refractivity contribution in [3.63, 3.8) is 0 Å². The predicted octanol–water partition coefficient (Wildman–Crippen LogP) is 1.73. The lowest BCUT2D eigenvalue weighted by Crippen LogP contribution is -2.54. The Morgan fingerprint density at radius 3 is 2.62 bits per heavy atom. The third kappa shape index (κ3) is 4.37. The third-order valence-electron chi connectivity index (χ3n) is 4.37. The summed E-state index contributed by atoms with van der Waals surface area (Å²) < 4.78 is 13.2. The van der Waals surface area contributed by atoms with Gasteiger partial charge in [0, 0.05) is 38.1 Å². The summed E-state index contributed by atoms with van der Waals surface area (Å²) in [5, 5.41) is 11.9. The lowest BCUT2D eigenvalue weighted by Gasteiger charge is -2.37. The molecule has 1 saturated heterocycles. The first-order chi connectivity index (χ1) is 12.5. The topological polar surface area (TPSA) is 93.4 Å². The second kappa shape index (κ2) is 7.96. The SMILES string of the molecule is CC(C(=O)Nc1cccc(F)c1)N1CCN(C(=O)Nc2cn[nH]c2)CC1. The maximum absolute atomic E-state index is 13.2. The molecule has 0 bridgehead atoms. The molecule has 8 nitrogen and oxygen atoms in total. The molecule has 2 heterocycles. The van der Waals surface area contributed by atoms with Gasteiger partial charge in [0.2, 0.25) is 5.91 Å². The van der Waals surface area contributed by atoms with Gasteiger partial charge in [-0.2, -0.15) is 5.10 Å². The summed E-state index contributed by atoms with van der Waals surface area (Å²) in [4.78, 5) is 28.3. The van der Waals surface area contributed by atoms with Crippen LogP contribution in [-0.2, 0) is 4.79 Å². The van der Waals surface area contributed by atoms with Crippen molar-refractivity contribution < 1.29 is 14.0 Å². The van der Waals surface area contributed by atoms with E-state index in [-0.39, 0.29) is 18.0 Å². The Morgan fingerprint density at radius 1 is 1.19 bits per heavy atom. The lowest BCUT2D eigenvalue weighted by atomic mass is 10.2. The molecule has 1 aromatic heterocycles. The van der Waals surface area contributed by atoms with Gasteiger partial charge >= 0.3 is 6.03 Å². The monoisotopic (exact) mass is 360 g/mol. The van der Waals surface area contributed by atoms with Gasteiger partial charge < -0.3 is 15.5 Å². The van der Waals surface area contributed by atoms with Crippen LogP contribution in [0.3, 0.4) is 0 Å². The highest BCUT2D eigenvalue weighted by Gasteiger charge is 2.27. The van der Waals surface area contributed by atoms with Gasteiger partial charge in [0.25, 0.3) is 0 Å². The molecule has 1 atom stereocenters. The molecule has 0 radical (unpaired) electrons. The van der Waals surface area contributed by atoms with Gasteiger partial charge in [-0.3, -0.25) is 14.8 Å². The number of piperazine rings is 1. The summed E-state index contributed by atoms with van der Waals surface area (Å²) in [7, 11) is 0. The van der Waals surface area contributed by atoms with Crippen molar-refractivity contribution in [1.29, 1.82) is 0 Å². The zero-order valence-corrected chi connectivity index (χ0v) is 14.4. The van der Waals surface area contributed by atoms with Crippen molar-refractivity contribution in [2.24, 2.45) is 0 Å². The number of aromatic nitrogens is 2. The molecule has 9 heteroatoms. The van der Waals surface area contributed by atoms with Crippen LogP contribution in [0.5, 0.6) is 0 Å². The Hall–Kier alpha value is -2.94. The molecule has 3 amide bonds. The number of rotatable bonds is 4. The molecule has 0 spiro atoms. The number of carbonyl (C=O) groups excluding carboxylic acids is 2. The van der Waals surface area contributed by atoms with Crippen molar-refractivity contribution in [1.82, 2.24) is 20.0 Å². The molecule has 0 saturated carbocycles. The smallest absolute Gasteiger partial charge is 0.322 e. The summed E-state index contributed by atoms with van der Waals surface area (Å²) in [5.74, 6) is -0.598. The molecule has 138 valence electrons. The van der Waals surface area contributed by atoms with E-state index in [0.29, 0.717) is 37.6 Å². The van der Waals surface area contributed by atoms with Gasteiger partial charge in [-0.15, -0.1) is 0 Å². The predicted molar refractivity (Wildman–Crippen MR) is 95.2 cm³/mol. The molecule has 3 N–H and O–H groups in total. The number of anilines is 2. The first-order valence-electron chi connectivity index (χ1n) is 8.38. The average Bonchev–Trinajstić information content (AvgIpc) is 3.14. The van der Waals surface area contributed by atoms with E-state index in [1.54, 1.807) is 30.2 Å². The van der Waals surface area contributed by atoms with E-state index in [2.05, 4.69) is 20.8 Å². The number of urea groups is 1. The van der Waals surface area contributed by atoms with E-state index >= 15 is 0 Å². The molecule has 1 aliphatic heterocycles. The van der Waals surface area contributed by atoms with Crippen LogP contribution in [0.4, 0.5) is 20.6 Å². The largest absolute Gasteiger partial charge is 0.325 e. The first kappa shape index (κ1) is 17.9. The van der Waals surface area contributed by atoms with Crippen LogP contribution < -0.4 is 10.6 Å². The van der Waals surface area contributed by atoms with Gasteiger partial charge in [0.15, 0.2) is 0 Å². The van der Waals surface area contributed by atoms with Gasteiger partial charge in [-0.25, -0.2) is 9.18 Å². The Kier molecular flexibility index (Phi) is 5.47. The van der Waals surface area contributed by atoms with Gasteiger partial charge in [-0.1, -0.05) is 6.07 Å². The van der Waals surface area contributed by atoms with Gasteiger partial charge in [-0.05, 0) is 25.1 Å². The highest BCUT2D eigenvalue weighted by molar-refractivity contribution is 5.94. The Bertz CT molecular complexity index is 758. The highest BCUT2D eigenvalue weighted by atomic mass is 19.1. The molecular weight excluding hydrogens is 339 g/mol. The zero-order valence-electron chi connectivity index (χ0n) is 14.4. The Balaban J connectivity index is 1.49. The number of hydrogen-bond donors (Lipinski definition) is 3. The number of nitrogens with one attached hydrogen (secondary N) is 3. The van der Waals surface area contributed by atoms with E-state index < -0.39 is 5.82 Å². The van der Waals surface area contributed by atoms with E-state index in [1.807, 2.05) is 4.90 Å². The molecule has 1 aromatic carbocycles. The number of carbonyl (C=O) groups is 2. The second-order valence-corrected chi connectivity index (χ2v) is 6.12. The van der Waals surface area contributed by atoms with Crippen LogP contribution >= 0.6 is 0 Å². The van der Waals surface area contributed by atoms with Crippen molar-refractivity contribution in [2.45, 2.75) is 13.0 Å². The quantitative estimate of drug-likeness (QED) is 0.774. The van der Waals surface area contributed by atoms with Gasteiger partial charge in [0.1, 0.15) is 5.82 Å². The van der Waals surface area contributed by atoms with Crippen LogP contribution in [0.2, 0.25) is 0 Å². The number of hydrogen-bond acceptors (Lipinski definition) is 4. The highest BCUT2D eigenvalue weighted by Crippen LogP contribution is 2.13. The molecular formula is C17H21FN6O2. The standard InChI is InChI=1S/C17H21FN6O2/c1-12(16(25)21-14-4-2-3-13(18)9-14)23-5-7-24(8-6-23)17(26)22-15-10-19-20-11-15/h2-4,9-12H,5-8H2,1H3,(H,19,20)(H,21,25)(H,22,26). The molecule has 0 aliphatic carbocycles. The summed E-state index contributed by atoms with van der Waals surface area (Å²) in [5.41, 5.74) is 1.04. The number of H-pyrrole nitrogens is 1. The average molecular weight is 360 g/mol. The normalized spacial score (nSPS) is 16.2. The second-order valence-electron chi connectivity index (χ2n) is 6.12. The number of nitrogens with zero attached hydrogens (tertiary/aromatic N) is 3. The zero-order chi connectivity index (χ0) is 18.5. The molecule has 1 aliphatic rings. The van der Waals surface area contributed by atoms with Crippen LogP contribution in [0.25, 0.3) is 0 Å². The van der Waals surface area contributed by atoms with E-state index in [1.165, 1.54) is 18.3 Å². The minimum atomic E-state index is -0.396. The number of aromatic amines is 1. The van der Waals surface area contributed by atoms with Crippen LogP contribution in [-0.4, -0.2) is 64.2 Å². The van der Waals surface area contributed by atoms with E-state index in [9.17, 15) is 14.0 Å². The summed E-state index contributed by atoms with van der Waals surface area (Å²) in [6, 6.07) is 5.23. The fourth-order valence-corrected chi connectivity index (χ4v) is 2.81. The maximum Gasteiger partial charge on any atom is 0.322 e. The van der Waals surface area contributed by atoms with Crippen molar-refractivity contribution in [2.75, 3.05) is 36.8 Å². The van der Waals surface area contributed by atoms with Gasteiger partial charge in [0.05, 0.1) is 17.9 Å². The maximum atomic E-state index is 13.2. The number of amides is 3. The van der Waals surface area contributed by atoms with Crippen molar-refractivity contribution >= 4 is 23.3 Å². The van der Waals surface area contributed by atoms with E-state index in [4.69, 9.17) is 0 Å². The third-order valence-corrected chi connectivity index (χ3v) is 4.37. The summed E-state index contributed by atoms with van der Waals surface area (Å²) in [6.07, 6.45) is 3.14. The molecule has 1 fully saturated rings. The van der Waals surface area contributed by atoms with Crippen molar-refractivity contribution in [3.05, 3.63) is 42.5 Å². The van der Waals surface area contributed by atoms with Crippen LogP contribution in [0.15, 0.2) is 36.7 Å². The summed E-state index contributed by atoms with van der Waals surface area (Å²) >= 11 is 0. The molecule has 1 unspecified atom stereocenters. The fraction of sp³-hybridized carbons (Fsp3) is 0.353. The number of benzene rings is 1.